The fraction of sp³-hybridized carbons (Fsp3) is 0.286. The largest absolute Gasteiger partial charge is 0.284 e. The molecule has 0 bridgehead atoms. The number of benzene rings is 1. The second-order valence-corrected chi connectivity index (χ2v) is 6.47. The summed E-state index contributed by atoms with van der Waals surface area (Å²) in [4.78, 5) is 11.5. The molecule has 0 saturated carbocycles. The number of rotatable bonds is 5. The van der Waals surface area contributed by atoms with E-state index >= 15 is 0 Å². The number of anilines is 1. The van der Waals surface area contributed by atoms with Crippen LogP contribution in [-0.2, 0) is 16.6 Å². The van der Waals surface area contributed by atoms with E-state index in [1.165, 1.54) is 10.7 Å². The van der Waals surface area contributed by atoms with Crippen molar-refractivity contribution in [3.8, 4) is 11.3 Å². The summed E-state index contributed by atoms with van der Waals surface area (Å²) in [6, 6.07) is 10.00. The maximum Gasteiger partial charge on any atom is 0.266 e. The van der Waals surface area contributed by atoms with Gasteiger partial charge >= 0.3 is 0 Å². The number of hydrogen-bond donors (Lipinski definition) is 1. The van der Waals surface area contributed by atoms with Crippen molar-refractivity contribution in [1.82, 2.24) is 9.78 Å². The summed E-state index contributed by atoms with van der Waals surface area (Å²) >= 11 is 0. The molecule has 0 aliphatic heterocycles. The lowest BCUT2D eigenvalue weighted by Gasteiger charge is -2.08. The van der Waals surface area contributed by atoms with Crippen molar-refractivity contribution in [1.29, 1.82) is 0 Å². The SMILES string of the molecule is CCn1nc(-c2ccc(NS(=O)(=O)CC)cc2)ccc1=O. The number of aryl methyl sites for hydroxylation is 1. The molecule has 0 saturated heterocycles. The van der Waals surface area contributed by atoms with Gasteiger partial charge in [-0.1, -0.05) is 12.1 Å². The zero-order valence-electron chi connectivity index (χ0n) is 11.9. The third-order valence-electron chi connectivity index (χ3n) is 3.00. The van der Waals surface area contributed by atoms with Crippen LogP contribution in [0.25, 0.3) is 11.3 Å². The van der Waals surface area contributed by atoms with Crippen LogP contribution in [-0.4, -0.2) is 24.0 Å². The van der Waals surface area contributed by atoms with Crippen LogP contribution in [0.4, 0.5) is 5.69 Å². The normalized spacial score (nSPS) is 11.3. The second kappa shape index (κ2) is 6.09. The number of aromatic nitrogens is 2. The maximum atomic E-state index is 11.5. The molecule has 0 aliphatic carbocycles. The third kappa shape index (κ3) is 3.69. The topological polar surface area (TPSA) is 81.1 Å². The molecule has 21 heavy (non-hydrogen) atoms. The van der Waals surface area contributed by atoms with Crippen molar-refractivity contribution in [3.05, 3.63) is 46.8 Å². The lowest BCUT2D eigenvalue weighted by Crippen LogP contribution is -2.21. The van der Waals surface area contributed by atoms with Crippen LogP contribution in [0.2, 0.25) is 0 Å². The summed E-state index contributed by atoms with van der Waals surface area (Å²) in [5, 5.41) is 4.25. The second-order valence-electron chi connectivity index (χ2n) is 4.46. The summed E-state index contributed by atoms with van der Waals surface area (Å²) in [6.45, 7) is 3.93. The molecule has 1 aromatic heterocycles. The van der Waals surface area contributed by atoms with E-state index in [1.807, 2.05) is 6.92 Å². The molecule has 7 heteroatoms. The van der Waals surface area contributed by atoms with Gasteiger partial charge in [-0.25, -0.2) is 13.1 Å². The number of nitrogens with one attached hydrogen (secondary N) is 1. The Balaban J connectivity index is 2.29. The average Bonchev–Trinajstić information content (AvgIpc) is 2.48. The molecule has 2 aromatic rings. The van der Waals surface area contributed by atoms with Crippen LogP contribution in [0, 0.1) is 0 Å². The maximum absolute atomic E-state index is 11.5. The molecular weight excluding hydrogens is 290 g/mol. The Kier molecular flexibility index (Phi) is 4.42. The van der Waals surface area contributed by atoms with Gasteiger partial charge in [-0.2, -0.15) is 5.10 Å². The Labute approximate surface area is 123 Å². The molecule has 0 spiro atoms. The van der Waals surface area contributed by atoms with Crippen molar-refractivity contribution < 1.29 is 8.42 Å². The van der Waals surface area contributed by atoms with Crippen molar-refractivity contribution in [2.24, 2.45) is 0 Å². The minimum Gasteiger partial charge on any atom is -0.284 e. The van der Waals surface area contributed by atoms with Gasteiger partial charge in [-0.05, 0) is 32.0 Å². The van der Waals surface area contributed by atoms with E-state index in [0.717, 1.165) is 5.56 Å². The Morgan fingerprint density at radius 3 is 2.33 bits per heavy atom. The minimum absolute atomic E-state index is 0.0256. The van der Waals surface area contributed by atoms with Crippen LogP contribution < -0.4 is 10.3 Å². The Bertz CT molecular complexity index is 780. The smallest absolute Gasteiger partial charge is 0.266 e. The summed E-state index contributed by atoms with van der Waals surface area (Å²) in [5.41, 5.74) is 1.84. The first-order valence-electron chi connectivity index (χ1n) is 6.64. The highest BCUT2D eigenvalue weighted by molar-refractivity contribution is 7.92. The first-order chi connectivity index (χ1) is 9.95. The van der Waals surface area contributed by atoms with Gasteiger partial charge in [0.1, 0.15) is 0 Å². The molecule has 0 atom stereocenters. The van der Waals surface area contributed by atoms with Gasteiger partial charge in [-0.15, -0.1) is 0 Å². The van der Waals surface area contributed by atoms with Crippen molar-refractivity contribution in [2.75, 3.05) is 10.5 Å². The van der Waals surface area contributed by atoms with Crippen molar-refractivity contribution in [3.63, 3.8) is 0 Å². The van der Waals surface area contributed by atoms with Gasteiger partial charge in [0, 0.05) is 23.9 Å². The minimum atomic E-state index is -3.28. The Hall–Kier alpha value is -2.15. The van der Waals surface area contributed by atoms with Crippen molar-refractivity contribution in [2.45, 2.75) is 20.4 Å². The van der Waals surface area contributed by atoms with Crippen molar-refractivity contribution >= 4 is 15.7 Å². The van der Waals surface area contributed by atoms with E-state index < -0.39 is 10.0 Å². The van der Waals surface area contributed by atoms with Crippen LogP contribution in [0.3, 0.4) is 0 Å². The highest BCUT2D eigenvalue weighted by atomic mass is 32.2. The fourth-order valence-electron chi connectivity index (χ4n) is 1.79. The molecule has 0 aliphatic rings. The third-order valence-corrected chi connectivity index (χ3v) is 4.31. The molecule has 6 nitrogen and oxygen atoms in total. The fourth-order valence-corrected chi connectivity index (χ4v) is 2.43. The highest BCUT2D eigenvalue weighted by Gasteiger charge is 2.07. The highest BCUT2D eigenvalue weighted by Crippen LogP contribution is 2.19. The number of nitrogens with zero attached hydrogens (tertiary/aromatic N) is 2. The van der Waals surface area contributed by atoms with E-state index in [9.17, 15) is 13.2 Å². The van der Waals surface area contributed by atoms with E-state index in [-0.39, 0.29) is 11.3 Å². The zero-order chi connectivity index (χ0) is 15.5. The molecule has 1 heterocycles. The van der Waals surface area contributed by atoms with Crippen LogP contribution in [0.15, 0.2) is 41.2 Å². The van der Waals surface area contributed by atoms with Gasteiger partial charge < -0.3 is 0 Å². The van der Waals surface area contributed by atoms with E-state index in [2.05, 4.69) is 9.82 Å². The van der Waals surface area contributed by atoms with Gasteiger partial charge in [0.15, 0.2) is 0 Å². The summed E-state index contributed by atoms with van der Waals surface area (Å²) < 4.78 is 26.8. The molecule has 1 aromatic carbocycles. The van der Waals surface area contributed by atoms with Crippen LogP contribution in [0.5, 0.6) is 0 Å². The predicted octanol–water partition coefficient (Wildman–Crippen LogP) is 1.69. The van der Waals surface area contributed by atoms with Gasteiger partial charge in [0.25, 0.3) is 5.56 Å². The first-order valence-corrected chi connectivity index (χ1v) is 8.29. The monoisotopic (exact) mass is 307 g/mol. The van der Waals surface area contributed by atoms with E-state index in [1.54, 1.807) is 37.3 Å². The van der Waals surface area contributed by atoms with E-state index in [4.69, 9.17) is 0 Å². The zero-order valence-corrected chi connectivity index (χ0v) is 12.7. The lowest BCUT2D eigenvalue weighted by atomic mass is 10.1. The molecule has 112 valence electrons. The predicted molar refractivity (Wildman–Crippen MR) is 82.7 cm³/mol. The molecule has 0 amide bonds. The Morgan fingerprint density at radius 2 is 1.76 bits per heavy atom. The molecule has 0 fully saturated rings. The van der Waals surface area contributed by atoms with Gasteiger partial charge in [-0.3, -0.25) is 9.52 Å². The standard InChI is InChI=1S/C14H17N3O3S/c1-3-17-14(18)10-9-13(15-17)11-5-7-12(8-6-11)16-21(19,20)4-2/h5-10,16H,3-4H2,1-2H3. The molecular formula is C14H17N3O3S. The van der Waals surface area contributed by atoms with E-state index in [0.29, 0.717) is 17.9 Å². The van der Waals surface area contributed by atoms with Gasteiger partial charge in [0.05, 0.1) is 11.4 Å². The summed E-state index contributed by atoms with van der Waals surface area (Å²) in [6.07, 6.45) is 0. The molecule has 0 unspecified atom stereocenters. The Morgan fingerprint density at radius 1 is 1.10 bits per heavy atom. The van der Waals surface area contributed by atoms with Crippen LogP contribution in [0.1, 0.15) is 13.8 Å². The number of hydrogen-bond acceptors (Lipinski definition) is 4. The molecule has 0 radical (unpaired) electrons. The molecule has 2 rings (SSSR count). The molecule has 1 N–H and O–H groups in total. The van der Waals surface area contributed by atoms with Gasteiger partial charge in [0.2, 0.25) is 10.0 Å². The first kappa shape index (κ1) is 15.2. The summed E-state index contributed by atoms with van der Waals surface area (Å²) in [7, 11) is -3.28. The van der Waals surface area contributed by atoms with Crippen LogP contribution >= 0.6 is 0 Å². The lowest BCUT2D eigenvalue weighted by molar-refractivity contribution is 0.602. The average molecular weight is 307 g/mol. The summed E-state index contributed by atoms with van der Waals surface area (Å²) in [5.74, 6) is 0.0256. The quantitative estimate of drug-likeness (QED) is 0.911. The number of sulfonamides is 1.